The smallest absolute Gasteiger partial charge is 0.322 e. The van der Waals surface area contributed by atoms with Crippen LogP contribution < -0.4 is 10.2 Å². The summed E-state index contributed by atoms with van der Waals surface area (Å²) in [5.74, 6) is 0. The van der Waals surface area contributed by atoms with Crippen molar-refractivity contribution in [2.24, 2.45) is 0 Å². The molecule has 0 aliphatic carbocycles. The number of nitrogens with one attached hydrogen (secondary N) is 1. The number of pyridine rings is 1. The van der Waals surface area contributed by atoms with Crippen molar-refractivity contribution in [2.45, 2.75) is 26.8 Å². The minimum absolute atomic E-state index is 0.0419. The van der Waals surface area contributed by atoms with Gasteiger partial charge in [-0.3, -0.25) is 4.98 Å². The molecular weight excluding hydrogens is 300 g/mol. The average molecular weight is 326 g/mol. The van der Waals surface area contributed by atoms with E-state index in [1.165, 1.54) is 0 Å². The summed E-state index contributed by atoms with van der Waals surface area (Å²) >= 11 is 0. The minimum Gasteiger partial charge on any atom is -0.373 e. The van der Waals surface area contributed by atoms with Crippen molar-refractivity contribution in [3.63, 3.8) is 0 Å². The van der Waals surface area contributed by atoms with Gasteiger partial charge in [-0.25, -0.2) is 4.79 Å². The van der Waals surface area contributed by atoms with Gasteiger partial charge in [0.2, 0.25) is 0 Å². The van der Waals surface area contributed by atoms with Gasteiger partial charge in [0.1, 0.15) is 0 Å². The van der Waals surface area contributed by atoms with Crippen molar-refractivity contribution in [1.29, 1.82) is 0 Å². The number of anilines is 2. The van der Waals surface area contributed by atoms with Gasteiger partial charge in [0, 0.05) is 32.5 Å². The Morgan fingerprint density at radius 1 is 1.17 bits per heavy atom. The number of nitrogens with zero attached hydrogens (tertiary/aromatic N) is 3. The molecule has 0 aliphatic rings. The van der Waals surface area contributed by atoms with Crippen LogP contribution in [0.1, 0.15) is 32.4 Å². The third-order valence-corrected chi connectivity index (χ3v) is 4.27. The van der Waals surface area contributed by atoms with Crippen LogP contribution in [0, 0.1) is 0 Å². The van der Waals surface area contributed by atoms with Crippen LogP contribution in [0.5, 0.6) is 0 Å². The first-order valence-electron chi connectivity index (χ1n) is 8.36. The predicted octanol–water partition coefficient (Wildman–Crippen LogP) is 4.15. The molecule has 128 valence electrons. The van der Waals surface area contributed by atoms with Gasteiger partial charge in [-0.15, -0.1) is 0 Å². The number of para-hydroxylation sites is 2. The molecule has 1 aromatic carbocycles. The van der Waals surface area contributed by atoms with Gasteiger partial charge in [-0.05, 0) is 44.5 Å². The van der Waals surface area contributed by atoms with Gasteiger partial charge < -0.3 is 15.1 Å². The van der Waals surface area contributed by atoms with E-state index in [1.807, 2.05) is 57.3 Å². The number of aromatic nitrogens is 1. The fourth-order valence-corrected chi connectivity index (χ4v) is 2.67. The summed E-state index contributed by atoms with van der Waals surface area (Å²) in [5, 5.41) is 3.05. The van der Waals surface area contributed by atoms with Gasteiger partial charge in [0.05, 0.1) is 17.4 Å². The maximum absolute atomic E-state index is 12.8. The summed E-state index contributed by atoms with van der Waals surface area (Å²) in [7, 11) is 2.01. The van der Waals surface area contributed by atoms with Crippen LogP contribution in [0.15, 0.2) is 48.8 Å². The van der Waals surface area contributed by atoms with Crippen molar-refractivity contribution < 1.29 is 4.79 Å². The van der Waals surface area contributed by atoms with Crippen LogP contribution in [-0.2, 0) is 0 Å². The molecule has 0 saturated carbocycles. The summed E-state index contributed by atoms with van der Waals surface area (Å²) in [4.78, 5) is 20.9. The maximum atomic E-state index is 12.8. The van der Waals surface area contributed by atoms with E-state index >= 15 is 0 Å². The largest absolute Gasteiger partial charge is 0.373 e. The van der Waals surface area contributed by atoms with E-state index in [0.29, 0.717) is 6.54 Å². The molecule has 2 aromatic rings. The fourth-order valence-electron chi connectivity index (χ4n) is 2.67. The van der Waals surface area contributed by atoms with E-state index in [4.69, 9.17) is 0 Å². The van der Waals surface area contributed by atoms with E-state index in [0.717, 1.165) is 23.5 Å². The second-order valence-corrected chi connectivity index (χ2v) is 5.71. The van der Waals surface area contributed by atoms with E-state index < -0.39 is 0 Å². The monoisotopic (exact) mass is 326 g/mol. The Kier molecular flexibility index (Phi) is 6.18. The number of carbonyl (C=O) groups excluding carboxylic acids is 1. The zero-order valence-electron chi connectivity index (χ0n) is 14.9. The minimum atomic E-state index is -0.106. The Bertz CT molecular complexity index is 659. The molecule has 5 nitrogen and oxygen atoms in total. The number of hydrogen-bond acceptors (Lipinski definition) is 3. The summed E-state index contributed by atoms with van der Waals surface area (Å²) in [6.07, 6.45) is 3.54. The summed E-state index contributed by atoms with van der Waals surface area (Å²) in [6, 6.07) is 11.6. The molecule has 2 rings (SSSR count). The fraction of sp³-hybridized carbons (Fsp3) is 0.368. The highest BCUT2D eigenvalue weighted by atomic mass is 16.2. The molecule has 1 heterocycles. The van der Waals surface area contributed by atoms with Gasteiger partial charge in [0.25, 0.3) is 0 Å². The lowest BCUT2D eigenvalue weighted by molar-refractivity contribution is 0.197. The quantitative estimate of drug-likeness (QED) is 0.867. The van der Waals surface area contributed by atoms with Crippen LogP contribution >= 0.6 is 0 Å². The van der Waals surface area contributed by atoms with Gasteiger partial charge >= 0.3 is 6.03 Å². The molecule has 5 heteroatoms. The number of urea groups is 1. The molecule has 0 fully saturated rings. The van der Waals surface area contributed by atoms with E-state index in [2.05, 4.69) is 22.1 Å². The Morgan fingerprint density at radius 3 is 2.54 bits per heavy atom. The number of hydrogen-bond donors (Lipinski definition) is 1. The van der Waals surface area contributed by atoms with E-state index in [1.54, 1.807) is 17.3 Å². The van der Waals surface area contributed by atoms with Gasteiger partial charge in [-0.1, -0.05) is 18.2 Å². The molecule has 1 atom stereocenters. The van der Waals surface area contributed by atoms with Crippen molar-refractivity contribution in [3.05, 3.63) is 54.4 Å². The number of amides is 2. The molecule has 24 heavy (non-hydrogen) atoms. The third-order valence-electron chi connectivity index (χ3n) is 4.27. The molecule has 1 N–H and O–H groups in total. The number of rotatable bonds is 6. The highest BCUT2D eigenvalue weighted by molar-refractivity contribution is 5.93. The lowest BCUT2D eigenvalue weighted by Gasteiger charge is -2.29. The first-order valence-corrected chi connectivity index (χ1v) is 8.36. The Labute approximate surface area is 144 Å². The number of carbonyl (C=O) groups is 1. The average Bonchev–Trinajstić information content (AvgIpc) is 2.62. The molecule has 0 radical (unpaired) electrons. The van der Waals surface area contributed by atoms with Crippen molar-refractivity contribution >= 4 is 17.4 Å². The topological polar surface area (TPSA) is 48.5 Å². The first-order chi connectivity index (χ1) is 11.6. The lowest BCUT2D eigenvalue weighted by Crippen LogP contribution is -2.37. The molecule has 2 amide bonds. The second-order valence-electron chi connectivity index (χ2n) is 5.71. The van der Waals surface area contributed by atoms with Crippen LogP contribution in [0.2, 0.25) is 0 Å². The predicted molar refractivity (Wildman–Crippen MR) is 99.4 cm³/mol. The molecule has 1 unspecified atom stereocenters. The Balaban J connectivity index is 2.19. The van der Waals surface area contributed by atoms with Crippen molar-refractivity contribution in [3.8, 4) is 0 Å². The molecule has 0 bridgehead atoms. The van der Waals surface area contributed by atoms with Crippen molar-refractivity contribution in [2.75, 3.05) is 30.4 Å². The standard InChI is InChI=1S/C19H26N4O/c1-5-22(4)18-12-8-7-11-17(18)21-19(24)23(6-2)15(3)16-10-9-13-20-14-16/h7-15H,5-6H2,1-4H3,(H,21,24). The summed E-state index contributed by atoms with van der Waals surface area (Å²) in [5.41, 5.74) is 2.86. The molecule has 0 saturated heterocycles. The summed E-state index contributed by atoms with van der Waals surface area (Å²) < 4.78 is 0. The lowest BCUT2D eigenvalue weighted by atomic mass is 10.1. The molecule has 0 spiro atoms. The molecule has 0 aliphatic heterocycles. The highest BCUT2D eigenvalue weighted by Crippen LogP contribution is 2.26. The van der Waals surface area contributed by atoms with Crippen LogP contribution in [0.25, 0.3) is 0 Å². The zero-order valence-corrected chi connectivity index (χ0v) is 14.9. The normalized spacial score (nSPS) is 11.7. The first kappa shape index (κ1) is 17.8. The molecule has 1 aromatic heterocycles. The van der Waals surface area contributed by atoms with Gasteiger partial charge in [0.15, 0.2) is 0 Å². The molecular formula is C19H26N4O. The SMILES string of the molecule is CCN(C)c1ccccc1NC(=O)N(CC)C(C)c1cccnc1. The third kappa shape index (κ3) is 4.04. The van der Waals surface area contributed by atoms with Crippen LogP contribution in [0.4, 0.5) is 16.2 Å². The summed E-state index contributed by atoms with van der Waals surface area (Å²) in [6.45, 7) is 7.58. The zero-order chi connectivity index (χ0) is 17.5. The van der Waals surface area contributed by atoms with Crippen molar-refractivity contribution in [1.82, 2.24) is 9.88 Å². The second kappa shape index (κ2) is 8.34. The van der Waals surface area contributed by atoms with E-state index in [9.17, 15) is 4.79 Å². The van der Waals surface area contributed by atoms with E-state index in [-0.39, 0.29) is 12.1 Å². The Hall–Kier alpha value is -2.56. The maximum Gasteiger partial charge on any atom is 0.322 e. The number of benzene rings is 1. The Morgan fingerprint density at radius 2 is 1.92 bits per heavy atom. The highest BCUT2D eigenvalue weighted by Gasteiger charge is 2.21. The van der Waals surface area contributed by atoms with Crippen LogP contribution in [-0.4, -0.2) is 36.1 Å². The van der Waals surface area contributed by atoms with Crippen LogP contribution in [0.3, 0.4) is 0 Å². The van der Waals surface area contributed by atoms with Gasteiger partial charge in [-0.2, -0.15) is 0 Å².